The van der Waals surface area contributed by atoms with Crippen molar-refractivity contribution < 1.29 is 9.13 Å². The van der Waals surface area contributed by atoms with Crippen LogP contribution in [0.15, 0.2) is 47.3 Å². The summed E-state index contributed by atoms with van der Waals surface area (Å²) < 4.78 is 20.6. The first-order chi connectivity index (χ1) is 18.0. The van der Waals surface area contributed by atoms with Crippen molar-refractivity contribution in [2.75, 3.05) is 39.4 Å². The molecule has 5 rings (SSSR count). The molecule has 1 aliphatic heterocycles. The fraction of sp³-hybridized carbons (Fsp3) is 0.407. The van der Waals surface area contributed by atoms with Gasteiger partial charge in [0.2, 0.25) is 0 Å². The molecule has 2 aromatic carbocycles. The quantitative estimate of drug-likeness (QED) is 0.374. The zero-order chi connectivity index (χ0) is 25.8. The zero-order valence-corrected chi connectivity index (χ0v) is 21.3. The highest BCUT2D eigenvalue weighted by Gasteiger charge is 2.18. The van der Waals surface area contributed by atoms with Gasteiger partial charge in [-0.05, 0) is 64.5 Å². The van der Waals surface area contributed by atoms with Crippen LogP contribution in [0.3, 0.4) is 0 Å². The van der Waals surface area contributed by atoms with Crippen LogP contribution in [0.2, 0.25) is 0 Å². The Morgan fingerprint density at radius 3 is 2.65 bits per heavy atom. The number of aromatic nitrogens is 5. The molecule has 3 heterocycles. The van der Waals surface area contributed by atoms with Crippen LogP contribution in [0.5, 0.6) is 0 Å². The summed E-state index contributed by atoms with van der Waals surface area (Å²) in [6.07, 6.45) is 0. The van der Waals surface area contributed by atoms with Gasteiger partial charge >= 0.3 is 0 Å². The number of H-pyrrole nitrogens is 1. The molecule has 0 unspecified atom stereocenters. The van der Waals surface area contributed by atoms with Crippen molar-refractivity contribution in [1.82, 2.24) is 35.0 Å². The Morgan fingerprint density at radius 1 is 1.08 bits per heavy atom. The highest BCUT2D eigenvalue weighted by molar-refractivity contribution is 5.83. The van der Waals surface area contributed by atoms with E-state index < -0.39 is 0 Å². The number of rotatable bonds is 9. The molecule has 10 heteroatoms. The van der Waals surface area contributed by atoms with Gasteiger partial charge in [-0.2, -0.15) is 0 Å². The SMILES string of the molecule is Cc1ccc2cc(CN(CCN3CCOCC3)Cc3nnnn3Cc3ccc(F)cc3)c(=O)[nH]c2c1C. The van der Waals surface area contributed by atoms with E-state index in [1.54, 1.807) is 16.8 Å². The fourth-order valence-electron chi connectivity index (χ4n) is 4.67. The number of fused-ring (bicyclic) bond motifs is 1. The van der Waals surface area contributed by atoms with Crippen LogP contribution in [-0.4, -0.2) is 74.4 Å². The fourth-order valence-corrected chi connectivity index (χ4v) is 4.67. The summed E-state index contributed by atoms with van der Waals surface area (Å²) in [4.78, 5) is 20.8. The number of nitrogens with one attached hydrogen (secondary N) is 1. The van der Waals surface area contributed by atoms with E-state index in [1.807, 2.05) is 19.9 Å². The molecule has 0 atom stereocenters. The summed E-state index contributed by atoms with van der Waals surface area (Å²) in [6.45, 7) is 10.3. The average molecular weight is 506 g/mol. The molecule has 194 valence electrons. The second-order valence-corrected chi connectivity index (χ2v) is 9.64. The van der Waals surface area contributed by atoms with E-state index in [1.165, 1.54) is 12.1 Å². The lowest BCUT2D eigenvalue weighted by Gasteiger charge is -2.29. The molecule has 0 saturated carbocycles. The predicted molar refractivity (Wildman–Crippen MR) is 139 cm³/mol. The van der Waals surface area contributed by atoms with Crippen molar-refractivity contribution >= 4 is 10.9 Å². The lowest BCUT2D eigenvalue weighted by atomic mass is 10.0. The molecule has 1 aliphatic rings. The van der Waals surface area contributed by atoms with Crippen molar-refractivity contribution in [3.63, 3.8) is 0 Å². The molecule has 37 heavy (non-hydrogen) atoms. The summed E-state index contributed by atoms with van der Waals surface area (Å²) in [5, 5.41) is 13.3. The largest absolute Gasteiger partial charge is 0.379 e. The van der Waals surface area contributed by atoms with Crippen molar-refractivity contribution in [3.05, 3.63) is 86.7 Å². The second-order valence-electron chi connectivity index (χ2n) is 9.64. The molecule has 9 nitrogen and oxygen atoms in total. The van der Waals surface area contributed by atoms with Crippen LogP contribution < -0.4 is 5.56 Å². The van der Waals surface area contributed by atoms with Gasteiger partial charge in [-0.3, -0.25) is 14.6 Å². The number of pyridine rings is 1. The van der Waals surface area contributed by atoms with Gasteiger partial charge in [0, 0.05) is 38.3 Å². The van der Waals surface area contributed by atoms with E-state index in [-0.39, 0.29) is 11.4 Å². The Morgan fingerprint density at radius 2 is 1.86 bits per heavy atom. The molecule has 2 aromatic heterocycles. The zero-order valence-electron chi connectivity index (χ0n) is 21.3. The van der Waals surface area contributed by atoms with Gasteiger partial charge in [0.15, 0.2) is 5.82 Å². The molecule has 4 aromatic rings. The predicted octanol–water partition coefficient (Wildman–Crippen LogP) is 2.65. The Hall–Kier alpha value is -3.47. The Bertz CT molecular complexity index is 1410. The van der Waals surface area contributed by atoms with Crippen LogP contribution in [-0.2, 0) is 24.4 Å². The monoisotopic (exact) mass is 505 g/mol. The third-order valence-corrected chi connectivity index (χ3v) is 7.07. The molecule has 1 saturated heterocycles. The smallest absolute Gasteiger partial charge is 0.252 e. The van der Waals surface area contributed by atoms with Gasteiger partial charge in [-0.15, -0.1) is 5.10 Å². The summed E-state index contributed by atoms with van der Waals surface area (Å²) >= 11 is 0. The first-order valence-corrected chi connectivity index (χ1v) is 12.6. The van der Waals surface area contributed by atoms with Crippen molar-refractivity contribution in [2.24, 2.45) is 0 Å². The summed E-state index contributed by atoms with van der Waals surface area (Å²) in [5.74, 6) is 0.413. The van der Waals surface area contributed by atoms with E-state index in [4.69, 9.17) is 4.74 Å². The Labute approximate surface area is 214 Å². The van der Waals surface area contributed by atoms with Crippen LogP contribution in [0.25, 0.3) is 10.9 Å². The molecule has 1 fully saturated rings. The van der Waals surface area contributed by atoms with E-state index in [9.17, 15) is 9.18 Å². The number of hydrogen-bond acceptors (Lipinski definition) is 7. The highest BCUT2D eigenvalue weighted by Crippen LogP contribution is 2.20. The lowest BCUT2D eigenvalue weighted by molar-refractivity contribution is 0.0322. The number of ether oxygens (including phenoxy) is 1. The molecule has 0 spiro atoms. The van der Waals surface area contributed by atoms with Gasteiger partial charge in [-0.1, -0.05) is 24.3 Å². The van der Waals surface area contributed by atoms with Crippen LogP contribution >= 0.6 is 0 Å². The first kappa shape index (κ1) is 25.2. The molecular weight excluding hydrogens is 473 g/mol. The molecule has 0 radical (unpaired) electrons. The maximum absolute atomic E-state index is 13.3. The van der Waals surface area contributed by atoms with Gasteiger partial charge < -0.3 is 9.72 Å². The normalized spacial score (nSPS) is 14.6. The number of tetrazole rings is 1. The van der Waals surface area contributed by atoms with Gasteiger partial charge in [0.25, 0.3) is 5.56 Å². The summed E-state index contributed by atoms with van der Waals surface area (Å²) in [5.41, 5.74) is 4.66. The van der Waals surface area contributed by atoms with E-state index >= 15 is 0 Å². The minimum Gasteiger partial charge on any atom is -0.379 e. The number of halogens is 1. The standard InChI is InChI=1S/C27H32FN7O2/c1-19-3-6-22-15-23(27(36)29-26(22)20(19)2)17-34(10-9-33-11-13-37-14-12-33)18-25-30-31-32-35(25)16-21-4-7-24(28)8-5-21/h3-8,15H,9-14,16-18H2,1-2H3,(H,29,36). The number of morpholine rings is 1. The maximum atomic E-state index is 13.3. The van der Waals surface area contributed by atoms with Crippen molar-refractivity contribution in [1.29, 1.82) is 0 Å². The number of hydrogen-bond donors (Lipinski definition) is 1. The number of nitrogens with zero attached hydrogens (tertiary/aromatic N) is 6. The topological polar surface area (TPSA) is 92.2 Å². The van der Waals surface area contributed by atoms with E-state index in [0.717, 1.165) is 67.0 Å². The third kappa shape index (κ3) is 6.10. The highest BCUT2D eigenvalue weighted by atomic mass is 19.1. The molecule has 1 N–H and O–H groups in total. The second kappa shape index (κ2) is 11.3. The Balaban J connectivity index is 1.38. The number of aryl methyl sites for hydroxylation is 2. The van der Waals surface area contributed by atoms with Crippen molar-refractivity contribution in [2.45, 2.75) is 33.5 Å². The first-order valence-electron chi connectivity index (χ1n) is 12.6. The third-order valence-electron chi connectivity index (χ3n) is 7.07. The Kier molecular flexibility index (Phi) is 7.68. The minimum atomic E-state index is -0.277. The number of aromatic amines is 1. The molecule has 0 amide bonds. The molecule has 0 bridgehead atoms. The molecule has 0 aliphatic carbocycles. The average Bonchev–Trinajstić information content (AvgIpc) is 3.34. The van der Waals surface area contributed by atoms with Gasteiger partial charge in [0.05, 0.1) is 31.8 Å². The minimum absolute atomic E-state index is 0.0801. The summed E-state index contributed by atoms with van der Waals surface area (Å²) in [7, 11) is 0. The van der Waals surface area contributed by atoms with Crippen LogP contribution in [0, 0.1) is 19.7 Å². The van der Waals surface area contributed by atoms with Crippen LogP contribution in [0.4, 0.5) is 4.39 Å². The lowest BCUT2D eigenvalue weighted by Crippen LogP contribution is -2.41. The van der Waals surface area contributed by atoms with Gasteiger partial charge in [-0.25, -0.2) is 9.07 Å². The van der Waals surface area contributed by atoms with E-state index in [0.29, 0.717) is 31.0 Å². The summed E-state index contributed by atoms with van der Waals surface area (Å²) in [6, 6.07) is 12.5. The van der Waals surface area contributed by atoms with Crippen LogP contribution in [0.1, 0.15) is 28.1 Å². The van der Waals surface area contributed by atoms with Gasteiger partial charge in [0.1, 0.15) is 5.82 Å². The van der Waals surface area contributed by atoms with E-state index in [2.05, 4.69) is 42.4 Å². The molecular formula is C27H32FN7O2. The number of benzene rings is 2. The van der Waals surface area contributed by atoms with Crippen molar-refractivity contribution in [3.8, 4) is 0 Å². The maximum Gasteiger partial charge on any atom is 0.252 e.